The number of piperidine rings is 1. The summed E-state index contributed by atoms with van der Waals surface area (Å²) in [5.74, 6) is 0.826. The van der Waals surface area contributed by atoms with E-state index < -0.39 is 27.9 Å². The van der Waals surface area contributed by atoms with Crippen LogP contribution in [0.1, 0.15) is 50.5 Å². The van der Waals surface area contributed by atoms with Crippen molar-refractivity contribution in [1.29, 1.82) is 0 Å². The Morgan fingerprint density at radius 3 is 2.35 bits per heavy atom. The van der Waals surface area contributed by atoms with E-state index in [0.717, 1.165) is 31.1 Å². The number of amides is 1. The monoisotopic (exact) mass is 489 g/mol. The van der Waals surface area contributed by atoms with Crippen LogP contribution < -0.4 is 0 Å². The van der Waals surface area contributed by atoms with Gasteiger partial charge in [0.25, 0.3) is 0 Å². The molecule has 2 saturated heterocycles. The molecule has 2 aliphatic carbocycles. The fourth-order valence-electron chi connectivity index (χ4n) is 5.32. The number of ether oxygens (including phenoxy) is 1. The highest BCUT2D eigenvalue weighted by molar-refractivity contribution is 7.89. The molecule has 9 heteroatoms. The molecule has 1 amide bonds. The number of piperazine rings is 1. The lowest BCUT2D eigenvalue weighted by molar-refractivity contribution is -0.0603. The van der Waals surface area contributed by atoms with Crippen molar-refractivity contribution < 1.29 is 23.1 Å². The molecule has 2 atom stereocenters. The van der Waals surface area contributed by atoms with Crippen molar-refractivity contribution in [3.8, 4) is 0 Å². The largest absolute Gasteiger partial charge is 0.441 e. The van der Waals surface area contributed by atoms with Crippen LogP contribution in [0.2, 0.25) is 0 Å². The minimum absolute atomic E-state index is 0.123. The Hall–Kier alpha value is -1.94. The molecule has 5 rings (SSSR count). The van der Waals surface area contributed by atoms with Gasteiger partial charge in [-0.2, -0.15) is 4.31 Å². The number of aliphatic hydroxyl groups is 1. The first kappa shape index (κ1) is 23.8. The lowest BCUT2D eigenvalue weighted by atomic mass is 9.97. The molecule has 2 saturated carbocycles. The molecule has 4 aliphatic rings. The molecule has 1 N–H and O–H groups in total. The highest BCUT2D eigenvalue weighted by atomic mass is 32.2. The predicted octanol–water partition coefficient (Wildman–Crippen LogP) is 2.89. The molecule has 1 aromatic carbocycles. The Morgan fingerprint density at radius 2 is 1.76 bits per heavy atom. The van der Waals surface area contributed by atoms with Gasteiger partial charge in [-0.25, -0.2) is 13.2 Å². The van der Waals surface area contributed by atoms with E-state index in [2.05, 4.69) is 11.5 Å². The Morgan fingerprint density at radius 1 is 1.09 bits per heavy atom. The Labute approximate surface area is 202 Å². The minimum atomic E-state index is -3.96. The van der Waals surface area contributed by atoms with Gasteiger partial charge in [0.05, 0.1) is 10.9 Å². The van der Waals surface area contributed by atoms with Crippen molar-refractivity contribution in [3.05, 3.63) is 36.4 Å². The van der Waals surface area contributed by atoms with E-state index in [1.54, 1.807) is 23.1 Å². The number of carbonyl (C=O) groups is 1. The molecule has 0 spiro atoms. The third-order valence-electron chi connectivity index (χ3n) is 7.72. The highest BCUT2D eigenvalue weighted by Gasteiger charge is 2.60. The Balaban J connectivity index is 1.29. The molecular formula is C25H35N3O5S. The van der Waals surface area contributed by atoms with Gasteiger partial charge < -0.3 is 14.7 Å². The topological polar surface area (TPSA) is 90.4 Å². The maximum Gasteiger partial charge on any atom is 0.410 e. The second-order valence-electron chi connectivity index (χ2n) is 10.2. The standard InChI is InChI=1S/C25H35N3O5S/c1-2-19-8-10-21(11-9-19)34(31,32)28-22(4-3-5-23(28)29)25(12-13-25)33-24(30)27-16-14-26(15-17-27)18-20-6-7-20/h2,8-11,20,22-23,29H,1,3-7,12-18H2/t22-,23-/m1/s1. The van der Waals surface area contributed by atoms with Crippen LogP contribution in [0.3, 0.4) is 0 Å². The zero-order chi connectivity index (χ0) is 23.9. The van der Waals surface area contributed by atoms with Crippen molar-refractivity contribution in [2.24, 2.45) is 5.92 Å². The SMILES string of the molecule is C=Cc1ccc(S(=O)(=O)N2[C@H](O)CCC[C@@H]2C2(OC(=O)N3CCN(CC4CC4)CC3)CC2)cc1. The van der Waals surface area contributed by atoms with Crippen LogP contribution in [0, 0.1) is 5.92 Å². The third-order valence-corrected chi connectivity index (χ3v) is 9.64. The van der Waals surface area contributed by atoms with Crippen LogP contribution in [0.15, 0.2) is 35.7 Å². The fraction of sp³-hybridized carbons (Fsp3) is 0.640. The normalized spacial score (nSPS) is 27.9. The fourth-order valence-corrected chi connectivity index (χ4v) is 7.10. The minimum Gasteiger partial charge on any atom is -0.441 e. The quantitative estimate of drug-likeness (QED) is 0.634. The number of rotatable bonds is 7. The number of sulfonamides is 1. The van der Waals surface area contributed by atoms with Gasteiger partial charge in [0.2, 0.25) is 10.0 Å². The summed E-state index contributed by atoms with van der Waals surface area (Å²) < 4.78 is 34.4. The molecule has 2 heterocycles. The molecule has 0 radical (unpaired) electrons. The van der Waals surface area contributed by atoms with E-state index in [0.29, 0.717) is 45.2 Å². The first-order valence-corrected chi connectivity index (χ1v) is 13.9. The van der Waals surface area contributed by atoms with E-state index in [1.807, 2.05) is 0 Å². The summed E-state index contributed by atoms with van der Waals surface area (Å²) in [6, 6.07) is 5.90. The van der Waals surface area contributed by atoms with Crippen LogP contribution in [-0.4, -0.2) is 84.3 Å². The first-order chi connectivity index (χ1) is 16.3. The van der Waals surface area contributed by atoms with Gasteiger partial charge in [-0.3, -0.25) is 4.90 Å². The average Bonchev–Trinajstić information content (AvgIpc) is 3.77. The third kappa shape index (κ3) is 4.76. The molecule has 2 aliphatic heterocycles. The van der Waals surface area contributed by atoms with Gasteiger partial charge >= 0.3 is 6.09 Å². The summed E-state index contributed by atoms with van der Waals surface area (Å²) in [4.78, 5) is 17.3. The molecule has 1 aromatic rings. The number of aliphatic hydroxyl groups excluding tert-OH is 1. The van der Waals surface area contributed by atoms with Gasteiger partial charge in [-0.15, -0.1) is 0 Å². The van der Waals surface area contributed by atoms with Gasteiger partial charge in [-0.05, 0) is 68.6 Å². The predicted molar refractivity (Wildman–Crippen MR) is 128 cm³/mol. The average molecular weight is 490 g/mol. The van der Waals surface area contributed by atoms with E-state index in [4.69, 9.17) is 4.74 Å². The van der Waals surface area contributed by atoms with Crippen molar-refractivity contribution in [1.82, 2.24) is 14.1 Å². The molecule has 34 heavy (non-hydrogen) atoms. The Bertz CT molecular complexity index is 1010. The molecule has 186 valence electrons. The number of carbonyl (C=O) groups excluding carboxylic acids is 1. The maximum absolute atomic E-state index is 13.6. The zero-order valence-corrected chi connectivity index (χ0v) is 20.5. The van der Waals surface area contributed by atoms with Crippen molar-refractivity contribution in [3.63, 3.8) is 0 Å². The van der Waals surface area contributed by atoms with E-state index in [1.165, 1.54) is 29.3 Å². The molecule has 0 aromatic heterocycles. The van der Waals surface area contributed by atoms with Crippen LogP contribution in [0.5, 0.6) is 0 Å². The summed E-state index contributed by atoms with van der Waals surface area (Å²) in [7, 11) is -3.96. The summed E-state index contributed by atoms with van der Waals surface area (Å²) in [6.45, 7) is 7.79. The molecule has 4 fully saturated rings. The lowest BCUT2D eigenvalue weighted by Crippen LogP contribution is -2.57. The maximum atomic E-state index is 13.6. The van der Waals surface area contributed by atoms with Gasteiger partial charge in [0, 0.05) is 32.7 Å². The zero-order valence-electron chi connectivity index (χ0n) is 19.6. The molecule has 0 bridgehead atoms. The number of benzene rings is 1. The van der Waals surface area contributed by atoms with E-state index in [-0.39, 0.29) is 11.0 Å². The van der Waals surface area contributed by atoms with Crippen molar-refractivity contribution in [2.75, 3.05) is 32.7 Å². The van der Waals surface area contributed by atoms with E-state index >= 15 is 0 Å². The summed E-state index contributed by atoms with van der Waals surface area (Å²) >= 11 is 0. The number of nitrogens with zero attached hydrogens (tertiary/aromatic N) is 3. The number of hydrogen-bond acceptors (Lipinski definition) is 6. The van der Waals surface area contributed by atoms with Crippen LogP contribution in [-0.2, 0) is 14.8 Å². The molecule has 8 nitrogen and oxygen atoms in total. The summed E-state index contributed by atoms with van der Waals surface area (Å²) in [6.07, 6.45) is 5.62. The van der Waals surface area contributed by atoms with Crippen molar-refractivity contribution in [2.45, 2.75) is 67.7 Å². The van der Waals surface area contributed by atoms with Crippen LogP contribution in [0.25, 0.3) is 6.08 Å². The number of hydrogen-bond donors (Lipinski definition) is 1. The van der Waals surface area contributed by atoms with Gasteiger partial charge in [0.1, 0.15) is 11.8 Å². The van der Waals surface area contributed by atoms with E-state index in [9.17, 15) is 18.3 Å². The van der Waals surface area contributed by atoms with Gasteiger partial charge in [0.15, 0.2) is 0 Å². The van der Waals surface area contributed by atoms with Crippen molar-refractivity contribution >= 4 is 22.2 Å². The first-order valence-electron chi connectivity index (χ1n) is 12.5. The van der Waals surface area contributed by atoms with Crippen LogP contribution in [0.4, 0.5) is 4.79 Å². The second kappa shape index (κ2) is 9.26. The Kier molecular flexibility index (Phi) is 6.48. The molecular weight excluding hydrogens is 454 g/mol. The van der Waals surface area contributed by atoms with Gasteiger partial charge in [-0.1, -0.05) is 24.8 Å². The van der Waals surface area contributed by atoms with Crippen LogP contribution >= 0.6 is 0 Å². The highest BCUT2D eigenvalue weighted by Crippen LogP contribution is 2.50. The smallest absolute Gasteiger partial charge is 0.410 e. The summed E-state index contributed by atoms with van der Waals surface area (Å²) in [5.41, 5.74) is -0.0443. The molecule has 0 unspecified atom stereocenters. The summed E-state index contributed by atoms with van der Waals surface area (Å²) in [5, 5.41) is 10.8. The second-order valence-corrected chi connectivity index (χ2v) is 12.0. The lowest BCUT2D eigenvalue weighted by Gasteiger charge is -2.43.